The molecule has 0 bridgehead atoms. The maximum atomic E-state index is 12.4. The lowest BCUT2D eigenvalue weighted by Gasteiger charge is -2.34. The SMILES string of the molecule is O=C(c1ccccc1)N1CCN(Cc2ccc(Cl)cc2)CC1. The van der Waals surface area contributed by atoms with Gasteiger partial charge >= 0.3 is 0 Å². The minimum Gasteiger partial charge on any atom is -0.336 e. The van der Waals surface area contributed by atoms with E-state index in [0.717, 1.165) is 43.3 Å². The van der Waals surface area contributed by atoms with Gasteiger partial charge in [-0.1, -0.05) is 41.9 Å². The highest BCUT2D eigenvalue weighted by atomic mass is 35.5. The fourth-order valence-electron chi connectivity index (χ4n) is 2.72. The van der Waals surface area contributed by atoms with E-state index in [9.17, 15) is 4.79 Å². The van der Waals surface area contributed by atoms with Crippen molar-refractivity contribution in [2.45, 2.75) is 6.54 Å². The van der Waals surface area contributed by atoms with E-state index in [1.54, 1.807) is 0 Å². The fourth-order valence-corrected chi connectivity index (χ4v) is 2.85. The normalized spacial score (nSPS) is 15.8. The second kappa shape index (κ2) is 6.95. The molecule has 3 nitrogen and oxygen atoms in total. The Bertz CT molecular complexity index is 619. The molecule has 2 aromatic carbocycles. The molecule has 1 aliphatic heterocycles. The van der Waals surface area contributed by atoms with Gasteiger partial charge in [0.25, 0.3) is 5.91 Å². The molecule has 0 N–H and O–H groups in total. The first-order valence-corrected chi connectivity index (χ1v) is 7.91. The van der Waals surface area contributed by atoms with Crippen LogP contribution in [0.2, 0.25) is 5.02 Å². The quantitative estimate of drug-likeness (QED) is 0.868. The number of benzene rings is 2. The van der Waals surface area contributed by atoms with Crippen LogP contribution in [0.1, 0.15) is 15.9 Å². The molecule has 0 spiro atoms. The Morgan fingerprint density at radius 3 is 2.18 bits per heavy atom. The van der Waals surface area contributed by atoms with E-state index in [1.165, 1.54) is 5.56 Å². The summed E-state index contributed by atoms with van der Waals surface area (Å²) >= 11 is 5.91. The van der Waals surface area contributed by atoms with Gasteiger partial charge in [-0.15, -0.1) is 0 Å². The van der Waals surface area contributed by atoms with Crippen molar-refractivity contribution < 1.29 is 4.79 Å². The molecule has 0 unspecified atom stereocenters. The third-order valence-corrected chi connectivity index (χ3v) is 4.25. The molecule has 0 radical (unpaired) electrons. The van der Waals surface area contributed by atoms with Crippen molar-refractivity contribution in [1.29, 1.82) is 0 Å². The van der Waals surface area contributed by atoms with Crippen LogP contribution in [0.3, 0.4) is 0 Å². The Hall–Kier alpha value is -1.84. The summed E-state index contributed by atoms with van der Waals surface area (Å²) in [4.78, 5) is 16.7. The largest absolute Gasteiger partial charge is 0.336 e. The van der Waals surface area contributed by atoms with Gasteiger partial charge in [-0.25, -0.2) is 0 Å². The molecule has 0 atom stereocenters. The number of carbonyl (C=O) groups excluding carboxylic acids is 1. The standard InChI is InChI=1S/C18H19ClN2O/c19-17-8-6-15(7-9-17)14-20-10-12-21(13-11-20)18(22)16-4-2-1-3-5-16/h1-9H,10-14H2. The van der Waals surface area contributed by atoms with Crippen LogP contribution in [0.15, 0.2) is 54.6 Å². The maximum Gasteiger partial charge on any atom is 0.253 e. The smallest absolute Gasteiger partial charge is 0.253 e. The zero-order valence-corrected chi connectivity index (χ0v) is 13.2. The molecular weight excluding hydrogens is 296 g/mol. The highest BCUT2D eigenvalue weighted by molar-refractivity contribution is 6.30. The molecule has 22 heavy (non-hydrogen) atoms. The summed E-state index contributed by atoms with van der Waals surface area (Å²) in [6.07, 6.45) is 0. The Kier molecular flexibility index (Phi) is 4.76. The van der Waals surface area contributed by atoms with Gasteiger partial charge in [-0.2, -0.15) is 0 Å². The van der Waals surface area contributed by atoms with Gasteiger partial charge < -0.3 is 4.90 Å². The van der Waals surface area contributed by atoms with Gasteiger partial charge in [0.2, 0.25) is 0 Å². The average Bonchev–Trinajstić information content (AvgIpc) is 2.58. The van der Waals surface area contributed by atoms with E-state index < -0.39 is 0 Å². The number of hydrogen-bond donors (Lipinski definition) is 0. The minimum absolute atomic E-state index is 0.131. The number of nitrogens with zero attached hydrogens (tertiary/aromatic N) is 2. The molecule has 1 aliphatic rings. The number of hydrogen-bond acceptors (Lipinski definition) is 2. The van der Waals surface area contributed by atoms with Crippen molar-refractivity contribution in [3.8, 4) is 0 Å². The van der Waals surface area contributed by atoms with Crippen LogP contribution < -0.4 is 0 Å². The Balaban J connectivity index is 1.54. The van der Waals surface area contributed by atoms with Crippen molar-refractivity contribution in [2.75, 3.05) is 26.2 Å². The van der Waals surface area contributed by atoms with Crippen molar-refractivity contribution in [3.05, 3.63) is 70.7 Å². The van der Waals surface area contributed by atoms with E-state index in [1.807, 2.05) is 47.4 Å². The highest BCUT2D eigenvalue weighted by Gasteiger charge is 2.21. The Labute approximate surface area is 136 Å². The summed E-state index contributed by atoms with van der Waals surface area (Å²) in [5.74, 6) is 0.131. The average molecular weight is 315 g/mol. The van der Waals surface area contributed by atoms with E-state index in [-0.39, 0.29) is 5.91 Å². The third kappa shape index (κ3) is 3.67. The van der Waals surface area contributed by atoms with Crippen LogP contribution in [0, 0.1) is 0 Å². The van der Waals surface area contributed by atoms with Gasteiger partial charge in [-0.3, -0.25) is 9.69 Å². The van der Waals surface area contributed by atoms with Gasteiger partial charge in [-0.05, 0) is 29.8 Å². The number of carbonyl (C=O) groups is 1. The summed E-state index contributed by atoms with van der Waals surface area (Å²) in [6.45, 7) is 4.27. The molecule has 0 saturated carbocycles. The Morgan fingerprint density at radius 2 is 1.55 bits per heavy atom. The summed E-state index contributed by atoms with van der Waals surface area (Å²) in [5.41, 5.74) is 2.03. The monoisotopic (exact) mass is 314 g/mol. The number of amides is 1. The van der Waals surface area contributed by atoms with E-state index in [2.05, 4.69) is 17.0 Å². The molecule has 114 valence electrons. The van der Waals surface area contributed by atoms with Crippen molar-refractivity contribution >= 4 is 17.5 Å². The summed E-state index contributed by atoms with van der Waals surface area (Å²) in [5, 5.41) is 0.766. The predicted octanol–water partition coefficient (Wildman–Crippen LogP) is 3.30. The molecule has 0 aliphatic carbocycles. The molecule has 2 aromatic rings. The lowest BCUT2D eigenvalue weighted by atomic mass is 10.1. The molecule has 1 amide bonds. The van der Waals surface area contributed by atoms with E-state index in [4.69, 9.17) is 11.6 Å². The number of halogens is 1. The first-order chi connectivity index (χ1) is 10.7. The van der Waals surface area contributed by atoms with Gasteiger partial charge in [0.05, 0.1) is 0 Å². The maximum absolute atomic E-state index is 12.4. The van der Waals surface area contributed by atoms with Crippen LogP contribution in [0.5, 0.6) is 0 Å². The van der Waals surface area contributed by atoms with Crippen LogP contribution in [0.25, 0.3) is 0 Å². The van der Waals surface area contributed by atoms with Crippen molar-refractivity contribution in [3.63, 3.8) is 0 Å². The molecule has 0 aromatic heterocycles. The Morgan fingerprint density at radius 1 is 0.909 bits per heavy atom. The summed E-state index contributed by atoms with van der Waals surface area (Å²) in [6, 6.07) is 17.5. The van der Waals surface area contributed by atoms with Gasteiger partial charge in [0, 0.05) is 43.3 Å². The number of piperazine rings is 1. The lowest BCUT2D eigenvalue weighted by Crippen LogP contribution is -2.48. The van der Waals surface area contributed by atoms with Gasteiger partial charge in [0.15, 0.2) is 0 Å². The molecule has 4 heteroatoms. The molecular formula is C18H19ClN2O. The van der Waals surface area contributed by atoms with Crippen LogP contribution >= 0.6 is 11.6 Å². The predicted molar refractivity (Wildman–Crippen MR) is 89.1 cm³/mol. The van der Waals surface area contributed by atoms with E-state index >= 15 is 0 Å². The molecule has 1 heterocycles. The van der Waals surface area contributed by atoms with E-state index in [0.29, 0.717) is 0 Å². The first kappa shape index (κ1) is 15.1. The molecule has 1 fully saturated rings. The second-order valence-corrected chi connectivity index (χ2v) is 6.00. The van der Waals surface area contributed by atoms with Crippen molar-refractivity contribution in [1.82, 2.24) is 9.80 Å². The molecule has 3 rings (SSSR count). The van der Waals surface area contributed by atoms with Crippen molar-refractivity contribution in [2.24, 2.45) is 0 Å². The van der Waals surface area contributed by atoms with Gasteiger partial charge in [0.1, 0.15) is 0 Å². The third-order valence-electron chi connectivity index (χ3n) is 4.00. The topological polar surface area (TPSA) is 23.6 Å². The summed E-state index contributed by atoms with van der Waals surface area (Å²) < 4.78 is 0. The molecule has 1 saturated heterocycles. The zero-order chi connectivity index (χ0) is 15.4. The van der Waals surface area contributed by atoms with Crippen LogP contribution in [-0.2, 0) is 6.54 Å². The fraction of sp³-hybridized carbons (Fsp3) is 0.278. The van der Waals surface area contributed by atoms with Crippen LogP contribution in [0.4, 0.5) is 0 Å². The highest BCUT2D eigenvalue weighted by Crippen LogP contribution is 2.14. The zero-order valence-electron chi connectivity index (χ0n) is 12.4. The summed E-state index contributed by atoms with van der Waals surface area (Å²) in [7, 11) is 0. The number of rotatable bonds is 3. The van der Waals surface area contributed by atoms with Crippen LogP contribution in [-0.4, -0.2) is 41.9 Å². The lowest BCUT2D eigenvalue weighted by molar-refractivity contribution is 0.0628. The first-order valence-electron chi connectivity index (χ1n) is 7.53. The second-order valence-electron chi connectivity index (χ2n) is 5.56. The minimum atomic E-state index is 0.131.